The summed E-state index contributed by atoms with van der Waals surface area (Å²) in [5, 5.41) is 7.06. The van der Waals surface area contributed by atoms with Crippen LogP contribution in [0.2, 0.25) is 0 Å². The standard InChI is InChI=1S/C21H16FN7O2/c22-14-4-5-18-17(7-14)21(31)28(13-23-18)12-20(30)26-15-8-24-29(10-15)11-16-9-27-6-2-1-3-19(27)25-16/h1-10,13H,11-12H2,(H,26,30). The Kier molecular flexibility index (Phi) is 4.51. The molecule has 0 bridgehead atoms. The maximum atomic E-state index is 13.4. The quantitative estimate of drug-likeness (QED) is 0.472. The Morgan fingerprint density at radius 2 is 2.06 bits per heavy atom. The number of nitrogens with zero attached hydrogens (tertiary/aromatic N) is 6. The SMILES string of the molecule is O=C(Cn1cnc2ccc(F)cc2c1=O)Nc1cnn(Cc2cn3ccccc3n2)c1. The Morgan fingerprint density at radius 1 is 1.16 bits per heavy atom. The molecule has 0 aliphatic heterocycles. The van der Waals surface area contributed by atoms with Crippen molar-refractivity contribution in [2.24, 2.45) is 0 Å². The third kappa shape index (κ3) is 3.78. The van der Waals surface area contributed by atoms with Crippen molar-refractivity contribution < 1.29 is 9.18 Å². The maximum absolute atomic E-state index is 13.4. The first-order valence-corrected chi connectivity index (χ1v) is 9.45. The molecule has 154 valence electrons. The van der Waals surface area contributed by atoms with E-state index in [4.69, 9.17) is 0 Å². The Balaban J connectivity index is 1.28. The average molecular weight is 417 g/mol. The zero-order valence-electron chi connectivity index (χ0n) is 16.1. The number of fused-ring (bicyclic) bond motifs is 2. The van der Waals surface area contributed by atoms with Gasteiger partial charge in [0.15, 0.2) is 0 Å². The van der Waals surface area contributed by atoms with E-state index in [2.05, 4.69) is 20.4 Å². The van der Waals surface area contributed by atoms with E-state index in [9.17, 15) is 14.0 Å². The highest BCUT2D eigenvalue weighted by atomic mass is 19.1. The lowest BCUT2D eigenvalue weighted by molar-refractivity contribution is -0.116. The molecular formula is C21H16FN7O2. The smallest absolute Gasteiger partial charge is 0.261 e. The van der Waals surface area contributed by atoms with Crippen molar-refractivity contribution in [3.05, 3.63) is 89.4 Å². The number of hydrogen-bond acceptors (Lipinski definition) is 5. The van der Waals surface area contributed by atoms with E-state index in [1.807, 2.05) is 35.0 Å². The predicted molar refractivity (Wildman–Crippen MR) is 111 cm³/mol. The molecule has 1 N–H and O–H groups in total. The molecule has 0 saturated carbocycles. The Hall–Kier alpha value is -4.34. The number of benzene rings is 1. The van der Waals surface area contributed by atoms with Gasteiger partial charge in [-0.3, -0.25) is 18.8 Å². The van der Waals surface area contributed by atoms with Crippen LogP contribution < -0.4 is 10.9 Å². The van der Waals surface area contributed by atoms with Crippen LogP contribution in [0.25, 0.3) is 16.6 Å². The van der Waals surface area contributed by atoms with Gasteiger partial charge in [0.05, 0.1) is 41.4 Å². The van der Waals surface area contributed by atoms with Crippen LogP contribution in [0.3, 0.4) is 0 Å². The molecule has 0 aliphatic rings. The van der Waals surface area contributed by atoms with Crippen molar-refractivity contribution in [2.75, 3.05) is 5.32 Å². The number of carbonyl (C=O) groups excluding carboxylic acids is 1. The number of anilines is 1. The number of carbonyl (C=O) groups is 1. The number of imidazole rings is 1. The molecular weight excluding hydrogens is 401 g/mol. The number of aromatic nitrogens is 6. The molecule has 5 rings (SSSR count). The Morgan fingerprint density at radius 3 is 2.94 bits per heavy atom. The summed E-state index contributed by atoms with van der Waals surface area (Å²) < 4.78 is 18.2. The van der Waals surface area contributed by atoms with Gasteiger partial charge in [0.1, 0.15) is 18.0 Å². The molecule has 5 aromatic rings. The van der Waals surface area contributed by atoms with Crippen molar-refractivity contribution in [2.45, 2.75) is 13.1 Å². The molecule has 0 unspecified atom stereocenters. The molecule has 4 aromatic heterocycles. The molecule has 0 saturated heterocycles. The van der Waals surface area contributed by atoms with Gasteiger partial charge in [0.2, 0.25) is 5.91 Å². The van der Waals surface area contributed by atoms with Crippen molar-refractivity contribution >= 4 is 28.1 Å². The number of nitrogens with one attached hydrogen (secondary N) is 1. The summed E-state index contributed by atoms with van der Waals surface area (Å²) in [5.41, 5.74) is 2.04. The van der Waals surface area contributed by atoms with E-state index >= 15 is 0 Å². The molecule has 1 aromatic carbocycles. The summed E-state index contributed by atoms with van der Waals surface area (Å²) in [6, 6.07) is 9.52. The van der Waals surface area contributed by atoms with Crippen molar-refractivity contribution in [1.29, 1.82) is 0 Å². The first-order chi connectivity index (χ1) is 15.0. The van der Waals surface area contributed by atoms with Gasteiger partial charge in [-0.05, 0) is 30.3 Å². The lowest BCUT2D eigenvalue weighted by Crippen LogP contribution is -2.27. The minimum absolute atomic E-state index is 0.121. The second-order valence-electron chi connectivity index (χ2n) is 7.01. The molecule has 0 fully saturated rings. The van der Waals surface area contributed by atoms with Crippen LogP contribution >= 0.6 is 0 Å². The van der Waals surface area contributed by atoms with Crippen LogP contribution in [-0.2, 0) is 17.9 Å². The predicted octanol–water partition coefficient (Wildman–Crippen LogP) is 2.07. The maximum Gasteiger partial charge on any atom is 0.261 e. The van der Waals surface area contributed by atoms with Gasteiger partial charge in [0, 0.05) is 18.6 Å². The van der Waals surface area contributed by atoms with E-state index < -0.39 is 17.3 Å². The summed E-state index contributed by atoms with van der Waals surface area (Å²) in [5.74, 6) is -0.960. The molecule has 31 heavy (non-hydrogen) atoms. The molecule has 1 amide bonds. The van der Waals surface area contributed by atoms with Crippen LogP contribution in [0.4, 0.5) is 10.1 Å². The normalized spacial score (nSPS) is 11.3. The third-order valence-corrected chi connectivity index (χ3v) is 4.75. The summed E-state index contributed by atoms with van der Waals surface area (Å²) in [4.78, 5) is 33.5. The summed E-state index contributed by atoms with van der Waals surface area (Å²) in [6.45, 7) is 0.188. The topological polar surface area (TPSA) is 99.1 Å². The molecule has 0 aliphatic carbocycles. The van der Waals surface area contributed by atoms with Gasteiger partial charge >= 0.3 is 0 Å². The second kappa shape index (κ2) is 7.48. The van der Waals surface area contributed by atoms with Crippen molar-refractivity contribution in [3.8, 4) is 0 Å². The molecule has 10 heteroatoms. The van der Waals surface area contributed by atoms with Crippen LogP contribution in [0.15, 0.2) is 72.3 Å². The van der Waals surface area contributed by atoms with Crippen LogP contribution in [0.5, 0.6) is 0 Å². The minimum Gasteiger partial charge on any atom is -0.322 e. The Bertz CT molecular complexity index is 1450. The first-order valence-electron chi connectivity index (χ1n) is 9.45. The number of hydrogen-bond donors (Lipinski definition) is 1. The number of halogens is 1. The summed E-state index contributed by atoms with van der Waals surface area (Å²) >= 11 is 0. The van der Waals surface area contributed by atoms with Gasteiger partial charge in [0.25, 0.3) is 5.56 Å². The molecule has 9 nitrogen and oxygen atoms in total. The lowest BCUT2D eigenvalue weighted by atomic mass is 10.2. The van der Waals surface area contributed by atoms with Gasteiger partial charge in [-0.25, -0.2) is 14.4 Å². The van der Waals surface area contributed by atoms with Crippen molar-refractivity contribution in [3.63, 3.8) is 0 Å². The van der Waals surface area contributed by atoms with Crippen LogP contribution in [0.1, 0.15) is 5.69 Å². The highest BCUT2D eigenvalue weighted by Crippen LogP contribution is 2.11. The van der Waals surface area contributed by atoms with E-state index in [-0.39, 0.29) is 11.9 Å². The van der Waals surface area contributed by atoms with Crippen molar-refractivity contribution in [1.82, 2.24) is 28.7 Å². The van der Waals surface area contributed by atoms with E-state index in [0.717, 1.165) is 22.0 Å². The molecule has 0 spiro atoms. The average Bonchev–Trinajstić information content (AvgIpc) is 3.36. The fourth-order valence-electron chi connectivity index (χ4n) is 3.34. The number of amides is 1. The van der Waals surface area contributed by atoms with Gasteiger partial charge in [-0.15, -0.1) is 0 Å². The van der Waals surface area contributed by atoms with E-state index in [0.29, 0.717) is 17.7 Å². The fraction of sp³-hybridized carbons (Fsp3) is 0.0952. The van der Waals surface area contributed by atoms with Gasteiger partial charge in [-0.1, -0.05) is 6.07 Å². The number of pyridine rings is 1. The van der Waals surface area contributed by atoms with E-state index in [1.165, 1.54) is 24.7 Å². The third-order valence-electron chi connectivity index (χ3n) is 4.75. The fourth-order valence-corrected chi connectivity index (χ4v) is 3.34. The minimum atomic E-state index is -0.536. The highest BCUT2D eigenvalue weighted by molar-refractivity contribution is 5.90. The monoisotopic (exact) mass is 417 g/mol. The van der Waals surface area contributed by atoms with E-state index in [1.54, 1.807) is 10.9 Å². The van der Waals surface area contributed by atoms with Gasteiger partial charge < -0.3 is 9.72 Å². The molecule has 0 atom stereocenters. The molecule has 4 heterocycles. The molecule has 0 radical (unpaired) electrons. The van der Waals surface area contributed by atoms with Gasteiger partial charge in [-0.2, -0.15) is 5.10 Å². The highest BCUT2D eigenvalue weighted by Gasteiger charge is 2.11. The number of rotatable bonds is 5. The zero-order valence-corrected chi connectivity index (χ0v) is 16.1. The summed E-state index contributed by atoms with van der Waals surface area (Å²) in [7, 11) is 0. The lowest BCUT2D eigenvalue weighted by Gasteiger charge is -2.06. The van der Waals surface area contributed by atoms with Crippen LogP contribution in [0, 0.1) is 5.82 Å². The largest absolute Gasteiger partial charge is 0.322 e. The summed E-state index contributed by atoms with van der Waals surface area (Å²) in [6.07, 6.45) is 8.30. The second-order valence-corrected chi connectivity index (χ2v) is 7.01. The van der Waals surface area contributed by atoms with Crippen LogP contribution in [-0.4, -0.2) is 34.6 Å². The zero-order chi connectivity index (χ0) is 21.4. The first kappa shape index (κ1) is 18.7. The Labute approximate surface area is 174 Å².